The molecule has 0 bridgehead atoms. The average molecular weight is 229 g/mol. The van der Waals surface area contributed by atoms with E-state index < -0.39 is 5.97 Å². The number of nitrogens with zero attached hydrogens (tertiary/aromatic N) is 1. The van der Waals surface area contributed by atoms with Crippen molar-refractivity contribution in [2.24, 2.45) is 0 Å². The van der Waals surface area contributed by atoms with Crippen LogP contribution in [0.15, 0.2) is 0 Å². The molecule has 1 saturated heterocycles. The highest BCUT2D eigenvalue weighted by molar-refractivity contribution is 5.66. The number of hydrogen-bond acceptors (Lipinski definition) is 3. The fourth-order valence-electron chi connectivity index (χ4n) is 2.26. The van der Waals surface area contributed by atoms with Crippen molar-refractivity contribution in [1.82, 2.24) is 4.90 Å². The van der Waals surface area contributed by atoms with E-state index in [2.05, 4.69) is 18.7 Å². The summed E-state index contributed by atoms with van der Waals surface area (Å²) in [7, 11) is 0. The van der Waals surface area contributed by atoms with Crippen LogP contribution in [0.5, 0.6) is 0 Å². The fourth-order valence-corrected chi connectivity index (χ4v) is 2.26. The lowest BCUT2D eigenvalue weighted by Crippen LogP contribution is -2.45. The second-order valence-electron chi connectivity index (χ2n) is 4.72. The Hall–Kier alpha value is -0.610. The molecule has 4 nitrogen and oxygen atoms in total. The third kappa shape index (κ3) is 5.47. The van der Waals surface area contributed by atoms with Gasteiger partial charge in [-0.05, 0) is 33.2 Å². The number of aliphatic carboxylic acids is 1. The number of carboxylic acid groups (broad SMARTS) is 1. The van der Waals surface area contributed by atoms with Gasteiger partial charge in [0.2, 0.25) is 0 Å². The van der Waals surface area contributed by atoms with Crippen LogP contribution in [0.25, 0.3) is 0 Å². The van der Waals surface area contributed by atoms with E-state index in [0.717, 1.165) is 38.9 Å². The van der Waals surface area contributed by atoms with Gasteiger partial charge in [-0.25, -0.2) is 0 Å². The minimum atomic E-state index is -0.686. The third-order valence-corrected chi connectivity index (χ3v) is 2.86. The molecule has 4 heteroatoms. The van der Waals surface area contributed by atoms with Gasteiger partial charge in [0.05, 0.1) is 12.2 Å². The van der Waals surface area contributed by atoms with Crippen molar-refractivity contribution >= 4 is 5.97 Å². The van der Waals surface area contributed by atoms with Gasteiger partial charge in [0.25, 0.3) is 0 Å². The van der Waals surface area contributed by atoms with Gasteiger partial charge in [-0.1, -0.05) is 6.42 Å². The molecule has 2 atom stereocenters. The monoisotopic (exact) mass is 229 g/mol. The summed E-state index contributed by atoms with van der Waals surface area (Å²) >= 11 is 0. The van der Waals surface area contributed by atoms with Gasteiger partial charge in [-0.3, -0.25) is 9.69 Å². The van der Waals surface area contributed by atoms with Gasteiger partial charge in [0.15, 0.2) is 0 Å². The Morgan fingerprint density at radius 2 is 1.88 bits per heavy atom. The maximum absolute atomic E-state index is 10.3. The molecule has 0 amide bonds. The lowest BCUT2D eigenvalue weighted by atomic mass is 10.1. The zero-order valence-electron chi connectivity index (χ0n) is 10.3. The first-order valence-corrected chi connectivity index (χ1v) is 6.17. The minimum absolute atomic E-state index is 0.302. The molecule has 0 aliphatic carbocycles. The Bertz CT molecular complexity index is 210. The maximum atomic E-state index is 10.3. The van der Waals surface area contributed by atoms with E-state index in [9.17, 15) is 4.79 Å². The predicted octanol–water partition coefficient (Wildman–Crippen LogP) is 1.74. The topological polar surface area (TPSA) is 49.8 Å². The van der Waals surface area contributed by atoms with Crippen molar-refractivity contribution in [2.45, 2.75) is 51.7 Å². The van der Waals surface area contributed by atoms with Crippen LogP contribution in [0.4, 0.5) is 0 Å². The van der Waals surface area contributed by atoms with E-state index >= 15 is 0 Å². The number of carboxylic acids is 1. The highest BCUT2D eigenvalue weighted by Crippen LogP contribution is 2.11. The van der Waals surface area contributed by atoms with Crippen LogP contribution in [0.1, 0.15) is 39.5 Å². The van der Waals surface area contributed by atoms with Gasteiger partial charge in [-0.2, -0.15) is 0 Å². The van der Waals surface area contributed by atoms with E-state index in [1.54, 1.807) is 0 Å². The highest BCUT2D eigenvalue weighted by atomic mass is 16.5. The first kappa shape index (κ1) is 13.5. The summed E-state index contributed by atoms with van der Waals surface area (Å²) in [6.07, 6.45) is 3.84. The van der Waals surface area contributed by atoms with Crippen LogP contribution in [0.2, 0.25) is 0 Å². The van der Waals surface area contributed by atoms with Crippen LogP contribution < -0.4 is 0 Å². The minimum Gasteiger partial charge on any atom is -0.481 e. The molecule has 0 aromatic rings. The van der Waals surface area contributed by atoms with Gasteiger partial charge in [0, 0.05) is 19.5 Å². The summed E-state index contributed by atoms with van der Waals surface area (Å²) < 4.78 is 5.66. The number of carbonyl (C=O) groups is 1. The fraction of sp³-hybridized carbons (Fsp3) is 0.917. The van der Waals surface area contributed by atoms with Crippen LogP contribution in [-0.4, -0.2) is 47.8 Å². The number of unbranched alkanes of at least 4 members (excludes halogenated alkanes) is 2. The van der Waals surface area contributed by atoms with Gasteiger partial charge in [0.1, 0.15) is 0 Å². The van der Waals surface area contributed by atoms with E-state index in [-0.39, 0.29) is 0 Å². The summed E-state index contributed by atoms with van der Waals surface area (Å²) in [5.74, 6) is -0.686. The zero-order chi connectivity index (χ0) is 12.0. The largest absolute Gasteiger partial charge is 0.481 e. The Morgan fingerprint density at radius 3 is 2.44 bits per heavy atom. The first-order valence-electron chi connectivity index (χ1n) is 6.17. The number of ether oxygens (including phenoxy) is 1. The Morgan fingerprint density at radius 1 is 1.25 bits per heavy atom. The molecule has 0 radical (unpaired) electrons. The summed E-state index contributed by atoms with van der Waals surface area (Å²) in [6, 6.07) is 0. The lowest BCUT2D eigenvalue weighted by Gasteiger charge is -2.35. The van der Waals surface area contributed by atoms with Gasteiger partial charge >= 0.3 is 5.97 Å². The van der Waals surface area contributed by atoms with Crippen molar-refractivity contribution in [1.29, 1.82) is 0 Å². The molecule has 0 saturated carbocycles. The van der Waals surface area contributed by atoms with Gasteiger partial charge < -0.3 is 9.84 Å². The molecule has 94 valence electrons. The molecular formula is C12H23NO3. The molecule has 1 aliphatic rings. The summed E-state index contributed by atoms with van der Waals surface area (Å²) in [5, 5.41) is 8.50. The van der Waals surface area contributed by atoms with Crippen LogP contribution in [0, 0.1) is 0 Å². The summed E-state index contributed by atoms with van der Waals surface area (Å²) in [4.78, 5) is 12.7. The second kappa shape index (κ2) is 6.86. The van der Waals surface area contributed by atoms with Crippen molar-refractivity contribution < 1.29 is 14.6 Å². The molecule has 0 spiro atoms. The zero-order valence-corrected chi connectivity index (χ0v) is 10.3. The molecule has 1 N–H and O–H groups in total. The van der Waals surface area contributed by atoms with Crippen molar-refractivity contribution in [2.75, 3.05) is 19.6 Å². The summed E-state index contributed by atoms with van der Waals surface area (Å²) in [5.41, 5.74) is 0. The molecule has 1 heterocycles. The Kier molecular flexibility index (Phi) is 5.77. The molecule has 1 fully saturated rings. The predicted molar refractivity (Wildman–Crippen MR) is 62.6 cm³/mol. The number of morpholine rings is 1. The van der Waals surface area contributed by atoms with E-state index in [1.165, 1.54) is 0 Å². The van der Waals surface area contributed by atoms with Crippen LogP contribution in [0.3, 0.4) is 0 Å². The molecule has 16 heavy (non-hydrogen) atoms. The smallest absolute Gasteiger partial charge is 0.303 e. The van der Waals surface area contributed by atoms with Crippen molar-refractivity contribution in [3.63, 3.8) is 0 Å². The normalized spacial score (nSPS) is 26.9. The molecule has 0 aromatic carbocycles. The lowest BCUT2D eigenvalue weighted by molar-refractivity contribution is -0.137. The van der Waals surface area contributed by atoms with Crippen LogP contribution in [-0.2, 0) is 9.53 Å². The number of rotatable bonds is 6. The second-order valence-corrected chi connectivity index (χ2v) is 4.72. The SMILES string of the molecule is CC1CN(CCCCCC(=O)O)CC(C)O1. The van der Waals surface area contributed by atoms with Crippen molar-refractivity contribution in [3.8, 4) is 0 Å². The average Bonchev–Trinajstić information content (AvgIpc) is 2.15. The number of hydrogen-bond donors (Lipinski definition) is 1. The molecule has 1 aliphatic heterocycles. The molecule has 2 unspecified atom stereocenters. The molecular weight excluding hydrogens is 206 g/mol. The summed E-state index contributed by atoms with van der Waals surface area (Å²) in [6.45, 7) is 7.28. The quantitative estimate of drug-likeness (QED) is 0.705. The highest BCUT2D eigenvalue weighted by Gasteiger charge is 2.21. The molecule has 0 aromatic heterocycles. The Labute approximate surface area is 97.6 Å². The molecule has 1 rings (SSSR count). The Balaban J connectivity index is 2.06. The third-order valence-electron chi connectivity index (χ3n) is 2.86. The van der Waals surface area contributed by atoms with E-state index in [1.807, 2.05) is 0 Å². The van der Waals surface area contributed by atoms with E-state index in [0.29, 0.717) is 18.6 Å². The van der Waals surface area contributed by atoms with E-state index in [4.69, 9.17) is 9.84 Å². The maximum Gasteiger partial charge on any atom is 0.303 e. The van der Waals surface area contributed by atoms with Crippen LogP contribution >= 0.6 is 0 Å². The van der Waals surface area contributed by atoms with Gasteiger partial charge in [-0.15, -0.1) is 0 Å². The van der Waals surface area contributed by atoms with Crippen molar-refractivity contribution in [3.05, 3.63) is 0 Å². The standard InChI is InChI=1S/C12H23NO3/c1-10-8-13(9-11(2)16-10)7-5-3-4-6-12(14)15/h10-11H,3-9H2,1-2H3,(H,14,15). The first-order chi connectivity index (χ1) is 7.58.